The van der Waals surface area contributed by atoms with E-state index in [1.54, 1.807) is 11.3 Å². The molecule has 0 spiro atoms. The van der Waals surface area contributed by atoms with E-state index in [1.165, 1.54) is 23.6 Å². The van der Waals surface area contributed by atoms with Crippen LogP contribution in [0.5, 0.6) is 0 Å². The topological polar surface area (TPSA) is 29.3 Å². The Labute approximate surface area is 111 Å². The minimum absolute atomic E-state index is 0.914. The van der Waals surface area contributed by atoms with Crippen molar-refractivity contribution in [2.75, 3.05) is 12.3 Å². The van der Waals surface area contributed by atoms with Gasteiger partial charge in [0.05, 0.1) is 5.69 Å². The number of hydrogen-bond acceptors (Lipinski definition) is 4. The first-order valence-corrected chi connectivity index (χ1v) is 8.01. The van der Waals surface area contributed by atoms with Gasteiger partial charge >= 0.3 is 0 Å². The monoisotopic (exact) mass is 269 g/mol. The first kappa shape index (κ1) is 12.9. The summed E-state index contributed by atoms with van der Waals surface area (Å²) in [5, 5.41) is 6.76. The number of thioether (sulfide) groups is 1. The van der Waals surface area contributed by atoms with Crippen molar-refractivity contribution in [1.29, 1.82) is 0 Å². The average molecular weight is 269 g/mol. The molecule has 94 valence electrons. The SMILES string of the molecule is CCCNCc1c(SCCC)nc2sccn12. The highest BCUT2D eigenvalue weighted by atomic mass is 32.2. The van der Waals surface area contributed by atoms with Gasteiger partial charge in [0.1, 0.15) is 5.03 Å². The fourth-order valence-electron chi connectivity index (χ4n) is 1.67. The fraction of sp³-hybridized carbons (Fsp3) is 0.583. The van der Waals surface area contributed by atoms with E-state index in [1.807, 2.05) is 11.8 Å². The number of thiazole rings is 1. The van der Waals surface area contributed by atoms with Gasteiger partial charge in [-0.25, -0.2) is 4.98 Å². The smallest absolute Gasteiger partial charge is 0.194 e. The molecule has 0 aliphatic carbocycles. The highest BCUT2D eigenvalue weighted by Gasteiger charge is 2.12. The van der Waals surface area contributed by atoms with Crippen LogP contribution in [0, 0.1) is 0 Å². The summed E-state index contributed by atoms with van der Waals surface area (Å²) in [5.41, 5.74) is 1.31. The van der Waals surface area contributed by atoms with Crippen molar-refractivity contribution in [3.8, 4) is 0 Å². The van der Waals surface area contributed by atoms with E-state index in [0.29, 0.717) is 0 Å². The lowest BCUT2D eigenvalue weighted by Crippen LogP contribution is -2.15. The molecule has 0 aliphatic heterocycles. The summed E-state index contributed by atoms with van der Waals surface area (Å²) >= 11 is 3.58. The number of rotatable bonds is 7. The number of nitrogens with one attached hydrogen (secondary N) is 1. The van der Waals surface area contributed by atoms with Crippen molar-refractivity contribution >= 4 is 28.1 Å². The van der Waals surface area contributed by atoms with Crippen LogP contribution in [0.2, 0.25) is 0 Å². The van der Waals surface area contributed by atoms with E-state index < -0.39 is 0 Å². The van der Waals surface area contributed by atoms with Gasteiger partial charge in [-0.1, -0.05) is 13.8 Å². The van der Waals surface area contributed by atoms with Gasteiger partial charge in [-0.3, -0.25) is 4.40 Å². The summed E-state index contributed by atoms with van der Waals surface area (Å²) < 4.78 is 2.21. The van der Waals surface area contributed by atoms with Crippen molar-refractivity contribution in [3.63, 3.8) is 0 Å². The van der Waals surface area contributed by atoms with Crippen LogP contribution in [0.25, 0.3) is 4.96 Å². The van der Waals surface area contributed by atoms with Crippen LogP contribution < -0.4 is 5.32 Å². The van der Waals surface area contributed by atoms with Gasteiger partial charge in [0.2, 0.25) is 0 Å². The van der Waals surface area contributed by atoms with Gasteiger partial charge in [-0.2, -0.15) is 0 Å². The second-order valence-electron chi connectivity index (χ2n) is 3.94. The molecule has 0 bridgehead atoms. The maximum Gasteiger partial charge on any atom is 0.194 e. The van der Waals surface area contributed by atoms with Crippen LogP contribution in [0.15, 0.2) is 16.6 Å². The van der Waals surface area contributed by atoms with Crippen LogP contribution in [0.3, 0.4) is 0 Å². The Kier molecular flexibility index (Phi) is 4.88. The van der Waals surface area contributed by atoms with E-state index in [-0.39, 0.29) is 0 Å². The molecule has 0 atom stereocenters. The van der Waals surface area contributed by atoms with Crippen molar-refractivity contribution < 1.29 is 0 Å². The normalized spacial score (nSPS) is 11.4. The summed E-state index contributed by atoms with van der Waals surface area (Å²) in [4.78, 5) is 5.80. The zero-order valence-electron chi connectivity index (χ0n) is 10.4. The number of fused-ring (bicyclic) bond motifs is 1. The van der Waals surface area contributed by atoms with Crippen LogP contribution in [0.4, 0.5) is 0 Å². The molecule has 0 saturated heterocycles. The Morgan fingerprint density at radius 1 is 1.41 bits per heavy atom. The number of hydrogen-bond donors (Lipinski definition) is 1. The van der Waals surface area contributed by atoms with E-state index >= 15 is 0 Å². The van der Waals surface area contributed by atoms with Gasteiger partial charge in [0.25, 0.3) is 0 Å². The van der Waals surface area contributed by atoms with E-state index in [2.05, 4.69) is 35.1 Å². The number of imidazole rings is 1. The standard InChI is InChI=1S/C12H19N3S2/c1-3-5-13-9-10-11(16-7-4-2)14-12-15(10)6-8-17-12/h6,8,13H,3-5,7,9H2,1-2H3. The number of aromatic nitrogens is 2. The second kappa shape index (κ2) is 6.42. The summed E-state index contributed by atoms with van der Waals surface area (Å²) in [7, 11) is 0. The molecule has 2 heterocycles. The Bertz CT molecular complexity index is 461. The van der Waals surface area contributed by atoms with Crippen LogP contribution in [0.1, 0.15) is 32.4 Å². The van der Waals surface area contributed by atoms with Crippen molar-refractivity contribution in [2.45, 2.75) is 38.3 Å². The Morgan fingerprint density at radius 2 is 2.29 bits per heavy atom. The third-order valence-corrected chi connectivity index (χ3v) is 4.46. The van der Waals surface area contributed by atoms with Crippen LogP contribution in [-0.4, -0.2) is 21.7 Å². The van der Waals surface area contributed by atoms with E-state index in [4.69, 9.17) is 4.98 Å². The lowest BCUT2D eigenvalue weighted by Gasteiger charge is -2.04. The Hall–Kier alpha value is -0.520. The molecule has 1 N–H and O–H groups in total. The minimum atomic E-state index is 0.914. The molecule has 2 rings (SSSR count). The zero-order chi connectivity index (χ0) is 12.1. The molecular weight excluding hydrogens is 250 g/mol. The summed E-state index contributed by atoms with van der Waals surface area (Å²) in [6.45, 7) is 6.38. The summed E-state index contributed by atoms with van der Waals surface area (Å²) in [6.07, 6.45) is 4.48. The van der Waals surface area contributed by atoms with Gasteiger partial charge in [-0.05, 0) is 25.1 Å². The predicted molar refractivity (Wildman–Crippen MR) is 76.1 cm³/mol. The number of nitrogens with zero attached hydrogens (tertiary/aromatic N) is 2. The van der Waals surface area contributed by atoms with E-state index in [9.17, 15) is 0 Å². The maximum atomic E-state index is 4.69. The first-order valence-electron chi connectivity index (χ1n) is 6.14. The molecule has 0 fully saturated rings. The van der Waals surface area contributed by atoms with Crippen molar-refractivity contribution in [1.82, 2.24) is 14.7 Å². The quantitative estimate of drug-likeness (QED) is 0.617. The molecule has 5 heteroatoms. The average Bonchev–Trinajstić information content (AvgIpc) is 2.89. The Morgan fingerprint density at radius 3 is 3.06 bits per heavy atom. The van der Waals surface area contributed by atoms with Crippen molar-refractivity contribution in [3.05, 3.63) is 17.3 Å². The molecular formula is C12H19N3S2. The zero-order valence-corrected chi connectivity index (χ0v) is 12.0. The van der Waals surface area contributed by atoms with Crippen LogP contribution in [-0.2, 0) is 6.54 Å². The minimum Gasteiger partial charge on any atom is -0.311 e. The molecule has 2 aromatic rings. The highest BCUT2D eigenvalue weighted by molar-refractivity contribution is 7.99. The van der Waals surface area contributed by atoms with Gasteiger partial charge in [0, 0.05) is 18.1 Å². The Balaban J connectivity index is 2.17. The lowest BCUT2D eigenvalue weighted by atomic mass is 10.4. The molecule has 3 nitrogen and oxygen atoms in total. The van der Waals surface area contributed by atoms with Crippen LogP contribution >= 0.6 is 23.1 Å². The van der Waals surface area contributed by atoms with Gasteiger partial charge in [-0.15, -0.1) is 23.1 Å². The molecule has 0 radical (unpaired) electrons. The third kappa shape index (κ3) is 3.03. The fourth-order valence-corrected chi connectivity index (χ4v) is 3.35. The van der Waals surface area contributed by atoms with Crippen molar-refractivity contribution in [2.24, 2.45) is 0 Å². The molecule has 0 aliphatic rings. The largest absolute Gasteiger partial charge is 0.311 e. The van der Waals surface area contributed by atoms with Gasteiger partial charge < -0.3 is 5.32 Å². The molecule has 0 unspecified atom stereocenters. The predicted octanol–water partition coefficient (Wildman–Crippen LogP) is 3.40. The first-order chi connectivity index (χ1) is 8.36. The molecule has 0 aromatic carbocycles. The van der Waals surface area contributed by atoms with Gasteiger partial charge in [0.15, 0.2) is 4.96 Å². The molecule has 0 saturated carbocycles. The highest BCUT2D eigenvalue weighted by Crippen LogP contribution is 2.26. The maximum absolute atomic E-state index is 4.69. The lowest BCUT2D eigenvalue weighted by molar-refractivity contribution is 0.653. The molecule has 0 amide bonds. The molecule has 2 aromatic heterocycles. The second-order valence-corrected chi connectivity index (χ2v) is 5.90. The molecule has 17 heavy (non-hydrogen) atoms. The summed E-state index contributed by atoms with van der Waals surface area (Å²) in [5.74, 6) is 1.14. The third-order valence-electron chi connectivity index (χ3n) is 2.49. The summed E-state index contributed by atoms with van der Waals surface area (Å²) in [6, 6.07) is 0. The van der Waals surface area contributed by atoms with E-state index in [0.717, 1.165) is 23.8 Å².